The zero-order valence-electron chi connectivity index (χ0n) is 20.3. The Morgan fingerprint density at radius 1 is 0.909 bits per heavy atom. The van der Waals surface area contributed by atoms with Gasteiger partial charge >= 0.3 is 0 Å². The highest BCUT2D eigenvalue weighted by Crippen LogP contribution is 2.29. The summed E-state index contributed by atoms with van der Waals surface area (Å²) in [6.07, 6.45) is 9.65. The maximum atomic E-state index is 13.4. The summed E-state index contributed by atoms with van der Waals surface area (Å²) >= 11 is 0. The molecule has 0 spiro atoms. The maximum Gasteiger partial charge on any atom is 0.223 e. The third kappa shape index (κ3) is 6.57. The summed E-state index contributed by atoms with van der Waals surface area (Å²) < 4.78 is 5.59. The summed E-state index contributed by atoms with van der Waals surface area (Å²) in [7, 11) is 0. The molecule has 1 aromatic rings. The second-order valence-corrected chi connectivity index (χ2v) is 10.1. The van der Waals surface area contributed by atoms with E-state index in [1.54, 1.807) is 6.92 Å². The monoisotopic (exact) mass is 455 g/mol. The number of carbonyl (C=O) groups is 2. The molecule has 0 atom stereocenters. The first-order valence-electron chi connectivity index (χ1n) is 13.1. The van der Waals surface area contributed by atoms with Gasteiger partial charge in [0.25, 0.3) is 0 Å². The third-order valence-electron chi connectivity index (χ3n) is 7.72. The van der Waals surface area contributed by atoms with E-state index < -0.39 is 0 Å². The molecule has 33 heavy (non-hydrogen) atoms. The molecule has 6 nitrogen and oxygen atoms in total. The van der Waals surface area contributed by atoms with E-state index in [-0.39, 0.29) is 11.8 Å². The Morgan fingerprint density at radius 3 is 2.33 bits per heavy atom. The lowest BCUT2D eigenvalue weighted by atomic mass is 10.0. The second-order valence-electron chi connectivity index (χ2n) is 10.1. The molecule has 6 heteroatoms. The van der Waals surface area contributed by atoms with E-state index >= 15 is 0 Å². The van der Waals surface area contributed by atoms with Gasteiger partial charge in [-0.15, -0.1) is 0 Å². The average Bonchev–Trinajstić information content (AvgIpc) is 3.33. The molecule has 2 aliphatic heterocycles. The fraction of sp³-hybridized carbons (Fsp3) is 0.704. The van der Waals surface area contributed by atoms with Crippen LogP contribution in [0.3, 0.4) is 0 Å². The molecule has 1 saturated heterocycles. The Balaban J connectivity index is 1.55. The molecule has 2 heterocycles. The van der Waals surface area contributed by atoms with Crippen molar-refractivity contribution in [3.05, 3.63) is 29.8 Å². The van der Waals surface area contributed by atoms with Crippen LogP contribution in [0.2, 0.25) is 0 Å². The van der Waals surface area contributed by atoms with Gasteiger partial charge in [-0.2, -0.15) is 0 Å². The highest BCUT2D eigenvalue weighted by molar-refractivity contribution is 5.92. The first kappa shape index (κ1) is 24.2. The van der Waals surface area contributed by atoms with Crippen molar-refractivity contribution in [3.63, 3.8) is 0 Å². The second kappa shape index (κ2) is 12.0. The Kier molecular flexibility index (Phi) is 8.79. The number of nitrogens with zero attached hydrogens (tertiary/aromatic N) is 3. The van der Waals surface area contributed by atoms with Gasteiger partial charge in [-0.25, -0.2) is 0 Å². The van der Waals surface area contributed by atoms with Gasteiger partial charge in [0.15, 0.2) is 0 Å². The van der Waals surface area contributed by atoms with Gasteiger partial charge in [0, 0.05) is 71.0 Å². The summed E-state index contributed by atoms with van der Waals surface area (Å²) in [4.78, 5) is 32.6. The minimum atomic E-state index is 0.0703. The van der Waals surface area contributed by atoms with Crippen molar-refractivity contribution < 1.29 is 14.3 Å². The SMILES string of the molecule is CC(=O)N1CCCN(C2CCOCC2)CCCN(C(=O)CC2CCCC2)Cc2ccccc21. The Bertz CT molecular complexity index is 787. The van der Waals surface area contributed by atoms with Crippen LogP contribution in [0.1, 0.15) is 70.3 Å². The number of hydrogen-bond acceptors (Lipinski definition) is 4. The minimum Gasteiger partial charge on any atom is -0.381 e. The van der Waals surface area contributed by atoms with Gasteiger partial charge in [-0.05, 0) is 56.1 Å². The molecule has 0 radical (unpaired) electrons. The fourth-order valence-electron chi connectivity index (χ4n) is 5.87. The van der Waals surface area contributed by atoms with Crippen molar-refractivity contribution in [3.8, 4) is 0 Å². The number of hydrogen-bond donors (Lipinski definition) is 0. The number of ether oxygens (including phenoxy) is 1. The number of benzene rings is 1. The van der Waals surface area contributed by atoms with Crippen molar-refractivity contribution in [2.45, 2.75) is 77.3 Å². The van der Waals surface area contributed by atoms with Gasteiger partial charge in [0.05, 0.1) is 0 Å². The van der Waals surface area contributed by atoms with E-state index in [1.807, 2.05) is 23.1 Å². The van der Waals surface area contributed by atoms with E-state index in [1.165, 1.54) is 25.7 Å². The topological polar surface area (TPSA) is 53.1 Å². The molecule has 0 unspecified atom stereocenters. The summed E-state index contributed by atoms with van der Waals surface area (Å²) in [5.74, 6) is 0.892. The zero-order chi connectivity index (χ0) is 23.0. The van der Waals surface area contributed by atoms with Gasteiger partial charge in [0.1, 0.15) is 0 Å². The normalized spacial score (nSPS) is 22.5. The van der Waals surface area contributed by atoms with Crippen LogP contribution in [-0.2, 0) is 20.9 Å². The smallest absolute Gasteiger partial charge is 0.223 e. The van der Waals surface area contributed by atoms with E-state index in [0.29, 0.717) is 31.5 Å². The number of amides is 2. The van der Waals surface area contributed by atoms with Gasteiger partial charge < -0.3 is 19.4 Å². The third-order valence-corrected chi connectivity index (χ3v) is 7.72. The molecule has 0 bridgehead atoms. The van der Waals surface area contributed by atoms with Crippen molar-refractivity contribution in [1.29, 1.82) is 0 Å². The standard InChI is InChI=1S/C27H41N3O3/c1-22(31)30-17-7-15-28(25-12-18-33-19-13-25)14-6-16-29(21-24-10-4-5-11-26(24)30)27(32)20-23-8-2-3-9-23/h4-5,10-11,23,25H,2-3,6-9,12-21H2,1H3. The van der Waals surface area contributed by atoms with Crippen LogP contribution in [0.5, 0.6) is 0 Å². The minimum absolute atomic E-state index is 0.0703. The Hall–Kier alpha value is -1.92. The van der Waals surface area contributed by atoms with Gasteiger partial charge in [-0.1, -0.05) is 31.0 Å². The average molecular weight is 456 g/mol. The van der Waals surface area contributed by atoms with E-state index in [9.17, 15) is 9.59 Å². The fourth-order valence-corrected chi connectivity index (χ4v) is 5.87. The first-order valence-corrected chi connectivity index (χ1v) is 13.1. The van der Waals surface area contributed by atoms with Crippen LogP contribution in [0.15, 0.2) is 24.3 Å². The van der Waals surface area contributed by atoms with E-state index in [0.717, 1.165) is 69.8 Å². The van der Waals surface area contributed by atoms with Crippen LogP contribution in [0.4, 0.5) is 5.69 Å². The largest absolute Gasteiger partial charge is 0.381 e. The highest BCUT2D eigenvalue weighted by atomic mass is 16.5. The maximum absolute atomic E-state index is 13.4. The predicted octanol–water partition coefficient (Wildman–Crippen LogP) is 4.22. The predicted molar refractivity (Wildman–Crippen MR) is 131 cm³/mol. The van der Waals surface area contributed by atoms with Crippen molar-refractivity contribution in [2.75, 3.05) is 44.3 Å². The molecular weight excluding hydrogens is 414 g/mol. The summed E-state index contributed by atoms with van der Waals surface area (Å²) in [6, 6.07) is 8.69. The molecule has 4 rings (SSSR count). The molecular formula is C27H41N3O3. The Morgan fingerprint density at radius 2 is 1.61 bits per heavy atom. The van der Waals surface area contributed by atoms with Crippen molar-refractivity contribution >= 4 is 17.5 Å². The Labute approximate surface area is 199 Å². The van der Waals surface area contributed by atoms with E-state index in [2.05, 4.69) is 15.9 Å². The number of rotatable bonds is 3. The molecule has 1 saturated carbocycles. The van der Waals surface area contributed by atoms with E-state index in [4.69, 9.17) is 4.74 Å². The molecule has 3 aliphatic rings. The number of para-hydroxylation sites is 1. The summed E-state index contributed by atoms with van der Waals surface area (Å²) in [6.45, 7) is 7.37. The molecule has 1 aromatic carbocycles. The number of fused-ring (bicyclic) bond motifs is 1. The summed E-state index contributed by atoms with van der Waals surface area (Å²) in [5.41, 5.74) is 2.04. The van der Waals surface area contributed by atoms with Crippen LogP contribution < -0.4 is 4.90 Å². The number of carbonyl (C=O) groups excluding carboxylic acids is 2. The molecule has 0 aromatic heterocycles. The molecule has 1 aliphatic carbocycles. The van der Waals surface area contributed by atoms with Crippen molar-refractivity contribution in [1.82, 2.24) is 9.80 Å². The first-order chi connectivity index (χ1) is 16.1. The van der Waals surface area contributed by atoms with Crippen LogP contribution in [0.25, 0.3) is 0 Å². The van der Waals surface area contributed by atoms with Gasteiger partial charge in [0.2, 0.25) is 11.8 Å². The van der Waals surface area contributed by atoms with Crippen molar-refractivity contribution in [2.24, 2.45) is 5.92 Å². The lowest BCUT2D eigenvalue weighted by Gasteiger charge is -2.36. The molecule has 182 valence electrons. The molecule has 2 amide bonds. The van der Waals surface area contributed by atoms with Crippen LogP contribution in [-0.4, -0.2) is 67.0 Å². The molecule has 0 N–H and O–H groups in total. The van der Waals surface area contributed by atoms with Gasteiger partial charge in [-0.3, -0.25) is 9.59 Å². The van der Waals surface area contributed by atoms with Crippen LogP contribution >= 0.6 is 0 Å². The zero-order valence-corrected chi connectivity index (χ0v) is 20.3. The molecule has 2 fully saturated rings. The highest BCUT2D eigenvalue weighted by Gasteiger charge is 2.26. The summed E-state index contributed by atoms with van der Waals surface area (Å²) in [5, 5.41) is 0. The quantitative estimate of drug-likeness (QED) is 0.685. The number of anilines is 1. The lowest BCUT2D eigenvalue weighted by molar-refractivity contribution is -0.133. The van der Waals surface area contributed by atoms with Crippen LogP contribution in [0, 0.1) is 5.92 Å². The lowest BCUT2D eigenvalue weighted by Crippen LogP contribution is -2.43.